The number of hydrogen-bond acceptors (Lipinski definition) is 4. The molecular weight excluding hydrogens is 505 g/mol. The molecule has 1 fully saturated rings. The Morgan fingerprint density at radius 2 is 2.00 bits per heavy atom. The lowest BCUT2D eigenvalue weighted by atomic mass is 10.1. The third-order valence-corrected chi connectivity index (χ3v) is 5.05. The summed E-state index contributed by atoms with van der Waals surface area (Å²) in [5.74, 6) is 1.84. The van der Waals surface area contributed by atoms with Crippen molar-refractivity contribution in [1.29, 1.82) is 0 Å². The summed E-state index contributed by atoms with van der Waals surface area (Å²) in [5.41, 5.74) is 1.19. The van der Waals surface area contributed by atoms with Gasteiger partial charge in [0.1, 0.15) is 11.9 Å². The molecule has 3 N–H and O–H groups in total. The van der Waals surface area contributed by atoms with Crippen LogP contribution in [-0.4, -0.2) is 68.2 Å². The number of hydrogen-bond donors (Lipinski definition) is 3. The fourth-order valence-electron chi connectivity index (χ4n) is 3.45. The van der Waals surface area contributed by atoms with E-state index in [1.165, 1.54) is 5.56 Å². The van der Waals surface area contributed by atoms with Crippen molar-refractivity contribution in [1.82, 2.24) is 20.9 Å². The van der Waals surface area contributed by atoms with E-state index in [2.05, 4.69) is 47.7 Å². The highest BCUT2D eigenvalue weighted by atomic mass is 127. The lowest BCUT2D eigenvalue weighted by molar-refractivity contribution is -0.122. The summed E-state index contributed by atoms with van der Waals surface area (Å²) >= 11 is 0. The number of guanidine groups is 1. The van der Waals surface area contributed by atoms with Crippen LogP contribution >= 0.6 is 24.0 Å². The van der Waals surface area contributed by atoms with Gasteiger partial charge >= 0.3 is 0 Å². The van der Waals surface area contributed by atoms with E-state index < -0.39 is 0 Å². The predicted octanol–water partition coefficient (Wildman–Crippen LogP) is 2.93. The van der Waals surface area contributed by atoms with Crippen molar-refractivity contribution >= 4 is 35.8 Å². The molecule has 1 aromatic rings. The highest BCUT2D eigenvalue weighted by Crippen LogP contribution is 2.14. The van der Waals surface area contributed by atoms with E-state index in [-0.39, 0.29) is 36.0 Å². The fraction of sp³-hybridized carbons (Fsp3) is 0.652. The van der Waals surface area contributed by atoms with E-state index >= 15 is 0 Å². The number of nitrogens with zero attached hydrogens (tertiary/aromatic N) is 2. The Balaban J connectivity index is 0.00000480. The van der Waals surface area contributed by atoms with Gasteiger partial charge in [0.15, 0.2) is 5.96 Å². The van der Waals surface area contributed by atoms with E-state index in [4.69, 9.17) is 9.73 Å². The quantitative estimate of drug-likeness (QED) is 0.240. The Morgan fingerprint density at radius 3 is 2.65 bits per heavy atom. The van der Waals surface area contributed by atoms with E-state index in [9.17, 15) is 4.79 Å². The first-order valence-electron chi connectivity index (χ1n) is 11.3. The highest BCUT2D eigenvalue weighted by molar-refractivity contribution is 14.0. The molecule has 0 aliphatic carbocycles. The minimum atomic E-state index is -0.00858. The molecule has 0 spiro atoms. The number of aliphatic imine (C=N–C) groups is 1. The summed E-state index contributed by atoms with van der Waals surface area (Å²) in [6.45, 7) is 12.7. The first-order chi connectivity index (χ1) is 14.5. The number of piperidine rings is 1. The summed E-state index contributed by atoms with van der Waals surface area (Å²) in [6.07, 6.45) is 2.96. The third-order valence-electron chi connectivity index (χ3n) is 5.05. The molecule has 2 rings (SSSR count). The normalized spacial score (nSPS) is 16.2. The van der Waals surface area contributed by atoms with Crippen LogP contribution in [0, 0.1) is 6.92 Å². The summed E-state index contributed by atoms with van der Waals surface area (Å²) < 4.78 is 5.99. The second-order valence-corrected chi connectivity index (χ2v) is 8.01. The van der Waals surface area contributed by atoms with Crippen LogP contribution in [0.5, 0.6) is 5.75 Å². The molecule has 1 aromatic carbocycles. The predicted molar refractivity (Wildman–Crippen MR) is 139 cm³/mol. The Kier molecular flexibility index (Phi) is 13.6. The first-order valence-corrected chi connectivity index (χ1v) is 11.3. The minimum Gasteiger partial charge on any atom is -0.489 e. The molecule has 0 saturated carbocycles. The number of ether oxygens (including phenoxy) is 1. The molecule has 0 aromatic heterocycles. The van der Waals surface area contributed by atoms with Gasteiger partial charge < -0.3 is 20.7 Å². The van der Waals surface area contributed by atoms with Crippen molar-refractivity contribution in [2.24, 2.45) is 4.99 Å². The molecular formula is C23H40IN5O2. The van der Waals surface area contributed by atoms with Crippen molar-refractivity contribution in [3.63, 3.8) is 0 Å². The van der Waals surface area contributed by atoms with E-state index in [1.807, 2.05) is 25.1 Å². The van der Waals surface area contributed by atoms with Crippen molar-refractivity contribution in [2.45, 2.75) is 59.1 Å². The van der Waals surface area contributed by atoms with E-state index in [1.54, 1.807) is 0 Å². The number of likely N-dealkylation sites (tertiary alicyclic amines) is 1. The van der Waals surface area contributed by atoms with Crippen LogP contribution in [0.2, 0.25) is 0 Å². The van der Waals surface area contributed by atoms with Gasteiger partial charge in [-0.2, -0.15) is 0 Å². The summed E-state index contributed by atoms with van der Waals surface area (Å²) in [4.78, 5) is 18.8. The fourth-order valence-corrected chi connectivity index (χ4v) is 3.45. The number of nitrogens with one attached hydrogen (secondary N) is 3. The lowest BCUT2D eigenvalue weighted by Gasteiger charge is -2.32. The van der Waals surface area contributed by atoms with Gasteiger partial charge in [-0.05, 0) is 57.7 Å². The average Bonchev–Trinajstić information content (AvgIpc) is 2.72. The molecule has 8 heteroatoms. The third kappa shape index (κ3) is 11.0. The standard InChI is InChI=1S/C23H39N5O2.HI/c1-5-12-25-22(29)17-28-13-10-20(11-14-28)27-23(24-6-2)26-16-19(4)30-21-9-7-8-18(3)15-21;/h7-9,15,19-20H,5-6,10-14,16-17H2,1-4H3,(H,25,29)(H2,24,26,27);1H. The maximum absolute atomic E-state index is 11.9. The summed E-state index contributed by atoms with van der Waals surface area (Å²) in [5, 5.41) is 9.83. The lowest BCUT2D eigenvalue weighted by Crippen LogP contribution is -2.50. The van der Waals surface area contributed by atoms with E-state index in [0.29, 0.717) is 19.1 Å². The molecule has 0 radical (unpaired) electrons. The number of carbonyl (C=O) groups excluding carboxylic acids is 1. The summed E-state index contributed by atoms with van der Waals surface area (Å²) in [7, 11) is 0. The monoisotopic (exact) mass is 545 g/mol. The molecule has 31 heavy (non-hydrogen) atoms. The Bertz CT molecular complexity index is 678. The first kappa shape index (κ1) is 27.5. The number of halogens is 1. The van der Waals surface area contributed by atoms with Crippen LogP contribution in [0.4, 0.5) is 0 Å². The second-order valence-electron chi connectivity index (χ2n) is 8.01. The topological polar surface area (TPSA) is 78.0 Å². The van der Waals surface area contributed by atoms with Gasteiger partial charge in [-0.1, -0.05) is 19.1 Å². The van der Waals surface area contributed by atoms with Gasteiger partial charge in [-0.25, -0.2) is 4.99 Å². The van der Waals surface area contributed by atoms with Gasteiger partial charge in [0, 0.05) is 32.2 Å². The molecule has 176 valence electrons. The van der Waals surface area contributed by atoms with Crippen molar-refractivity contribution in [3.05, 3.63) is 29.8 Å². The van der Waals surface area contributed by atoms with Crippen LogP contribution in [0.3, 0.4) is 0 Å². The number of aryl methyl sites for hydroxylation is 1. The zero-order valence-corrected chi connectivity index (χ0v) is 21.8. The van der Waals surface area contributed by atoms with Gasteiger partial charge in [-0.15, -0.1) is 24.0 Å². The highest BCUT2D eigenvalue weighted by Gasteiger charge is 2.21. The molecule has 1 unspecified atom stereocenters. The number of amides is 1. The average molecular weight is 546 g/mol. The van der Waals surface area contributed by atoms with Gasteiger partial charge in [0.25, 0.3) is 0 Å². The number of carbonyl (C=O) groups is 1. The SMILES string of the molecule is CCCNC(=O)CN1CCC(NC(=NCC(C)Oc2cccc(C)c2)NCC)CC1.I. The minimum absolute atomic E-state index is 0. The van der Waals surface area contributed by atoms with Crippen LogP contribution in [0.25, 0.3) is 0 Å². The maximum Gasteiger partial charge on any atom is 0.234 e. The molecule has 1 aliphatic heterocycles. The molecule has 1 saturated heterocycles. The van der Waals surface area contributed by atoms with Gasteiger partial charge in [-0.3, -0.25) is 9.69 Å². The van der Waals surface area contributed by atoms with Crippen LogP contribution in [-0.2, 0) is 4.79 Å². The van der Waals surface area contributed by atoms with Crippen LogP contribution in [0.1, 0.15) is 45.6 Å². The van der Waals surface area contributed by atoms with Gasteiger partial charge in [0.05, 0.1) is 13.1 Å². The molecule has 1 atom stereocenters. The molecule has 1 aliphatic rings. The van der Waals surface area contributed by atoms with Crippen molar-refractivity contribution < 1.29 is 9.53 Å². The van der Waals surface area contributed by atoms with E-state index in [0.717, 1.165) is 57.2 Å². The second kappa shape index (κ2) is 15.3. The van der Waals surface area contributed by atoms with Crippen LogP contribution < -0.4 is 20.7 Å². The van der Waals surface area contributed by atoms with Crippen LogP contribution in [0.15, 0.2) is 29.3 Å². The Morgan fingerprint density at radius 1 is 1.26 bits per heavy atom. The Hall–Kier alpha value is -1.55. The molecule has 0 bridgehead atoms. The Labute approximate surface area is 204 Å². The zero-order valence-electron chi connectivity index (χ0n) is 19.4. The number of benzene rings is 1. The molecule has 1 amide bonds. The largest absolute Gasteiger partial charge is 0.489 e. The summed E-state index contributed by atoms with van der Waals surface area (Å²) in [6, 6.07) is 8.45. The molecule has 7 nitrogen and oxygen atoms in total. The van der Waals surface area contributed by atoms with Crippen molar-refractivity contribution in [3.8, 4) is 5.75 Å². The van der Waals surface area contributed by atoms with Crippen molar-refractivity contribution in [2.75, 3.05) is 39.3 Å². The zero-order chi connectivity index (χ0) is 21.8. The van der Waals surface area contributed by atoms with Gasteiger partial charge in [0.2, 0.25) is 5.91 Å². The maximum atomic E-state index is 11.9. The molecule has 1 heterocycles. The number of rotatable bonds is 10. The smallest absolute Gasteiger partial charge is 0.234 e.